The average molecular weight is 173 g/mol. The summed E-state index contributed by atoms with van der Waals surface area (Å²) in [6.45, 7) is 9.43. The van der Waals surface area contributed by atoms with E-state index in [0.29, 0.717) is 6.42 Å². The lowest BCUT2D eigenvalue weighted by molar-refractivity contribution is -0.148. The van der Waals surface area contributed by atoms with Gasteiger partial charge in [0.25, 0.3) is 0 Å². The number of ether oxygens (including phenoxy) is 1. The van der Waals surface area contributed by atoms with E-state index in [1.54, 1.807) is 6.92 Å². The van der Waals surface area contributed by atoms with Crippen molar-refractivity contribution in [3.05, 3.63) is 0 Å². The van der Waals surface area contributed by atoms with Crippen LogP contribution in [0.25, 0.3) is 0 Å². The Morgan fingerprint density at radius 2 is 1.75 bits per heavy atom. The zero-order valence-corrected chi connectivity index (χ0v) is 8.60. The SMILES string of the molecule is CC.CC1(C)CC(C)(N)C(=O)O1. The van der Waals surface area contributed by atoms with Crippen LogP contribution in [0, 0.1) is 0 Å². The van der Waals surface area contributed by atoms with Crippen molar-refractivity contribution < 1.29 is 9.53 Å². The van der Waals surface area contributed by atoms with Crippen molar-refractivity contribution in [2.75, 3.05) is 0 Å². The Bertz CT molecular complexity index is 173. The van der Waals surface area contributed by atoms with Crippen molar-refractivity contribution in [2.45, 2.75) is 52.2 Å². The standard InChI is InChI=1S/C7H13NO2.C2H6/c1-6(2)4-7(3,8)5(9)10-6;1-2/h4,8H2,1-3H3;1-2H3. The maximum absolute atomic E-state index is 11.0. The van der Waals surface area contributed by atoms with E-state index in [-0.39, 0.29) is 11.6 Å². The Labute approximate surface area is 74.3 Å². The molecule has 1 rings (SSSR count). The number of hydrogen-bond acceptors (Lipinski definition) is 3. The van der Waals surface area contributed by atoms with E-state index in [4.69, 9.17) is 10.5 Å². The quantitative estimate of drug-likeness (QED) is 0.564. The van der Waals surface area contributed by atoms with Gasteiger partial charge in [-0.3, -0.25) is 4.79 Å². The number of carbonyl (C=O) groups excluding carboxylic acids is 1. The molecule has 72 valence electrons. The normalized spacial score (nSPS) is 32.0. The molecule has 0 saturated carbocycles. The number of rotatable bonds is 0. The average Bonchev–Trinajstić information content (AvgIpc) is 2.05. The first-order chi connectivity index (χ1) is 5.33. The molecule has 0 aromatic heterocycles. The van der Waals surface area contributed by atoms with E-state index in [1.165, 1.54) is 0 Å². The minimum absolute atomic E-state index is 0.294. The van der Waals surface area contributed by atoms with Crippen LogP contribution in [0.3, 0.4) is 0 Å². The third-order valence-corrected chi connectivity index (χ3v) is 1.63. The van der Waals surface area contributed by atoms with Crippen LogP contribution < -0.4 is 5.73 Å². The second-order valence-electron chi connectivity index (χ2n) is 3.74. The van der Waals surface area contributed by atoms with Crippen LogP contribution in [-0.4, -0.2) is 17.1 Å². The van der Waals surface area contributed by atoms with Crippen molar-refractivity contribution >= 4 is 5.97 Å². The number of carbonyl (C=O) groups is 1. The molecule has 12 heavy (non-hydrogen) atoms. The molecule has 1 unspecified atom stereocenters. The fourth-order valence-corrected chi connectivity index (χ4v) is 1.36. The fourth-order valence-electron chi connectivity index (χ4n) is 1.36. The summed E-state index contributed by atoms with van der Waals surface area (Å²) in [6.07, 6.45) is 0.596. The second-order valence-corrected chi connectivity index (χ2v) is 3.74. The molecule has 1 saturated heterocycles. The summed E-state index contributed by atoms with van der Waals surface area (Å²) in [7, 11) is 0. The highest BCUT2D eigenvalue weighted by Crippen LogP contribution is 2.31. The summed E-state index contributed by atoms with van der Waals surface area (Å²) in [4.78, 5) is 11.0. The number of cyclic esters (lactones) is 1. The maximum atomic E-state index is 11.0. The molecule has 0 aliphatic carbocycles. The molecule has 2 N–H and O–H groups in total. The van der Waals surface area contributed by atoms with Crippen LogP contribution >= 0.6 is 0 Å². The van der Waals surface area contributed by atoms with Crippen LogP contribution in [0.5, 0.6) is 0 Å². The molecule has 1 aliphatic rings. The van der Waals surface area contributed by atoms with E-state index in [1.807, 2.05) is 27.7 Å². The minimum atomic E-state index is -0.774. The topological polar surface area (TPSA) is 52.3 Å². The number of nitrogens with two attached hydrogens (primary N) is 1. The first-order valence-electron chi connectivity index (χ1n) is 4.36. The zero-order chi connectivity index (χ0) is 9.99. The maximum Gasteiger partial charge on any atom is 0.326 e. The molecule has 3 nitrogen and oxygen atoms in total. The minimum Gasteiger partial charge on any atom is -0.458 e. The van der Waals surface area contributed by atoms with Crippen LogP contribution in [0.4, 0.5) is 0 Å². The van der Waals surface area contributed by atoms with Crippen molar-refractivity contribution in [1.82, 2.24) is 0 Å². The van der Waals surface area contributed by atoms with E-state index in [9.17, 15) is 4.79 Å². The summed E-state index contributed by atoms with van der Waals surface area (Å²) < 4.78 is 5.00. The Morgan fingerprint density at radius 3 is 1.83 bits per heavy atom. The van der Waals surface area contributed by atoms with Gasteiger partial charge < -0.3 is 10.5 Å². The largest absolute Gasteiger partial charge is 0.458 e. The molecule has 0 aromatic rings. The van der Waals surface area contributed by atoms with Gasteiger partial charge >= 0.3 is 5.97 Å². The van der Waals surface area contributed by atoms with E-state index in [2.05, 4.69) is 0 Å². The highest BCUT2D eigenvalue weighted by atomic mass is 16.6. The smallest absolute Gasteiger partial charge is 0.326 e. The zero-order valence-electron chi connectivity index (χ0n) is 8.60. The Morgan fingerprint density at radius 1 is 1.33 bits per heavy atom. The van der Waals surface area contributed by atoms with E-state index in [0.717, 1.165) is 0 Å². The van der Waals surface area contributed by atoms with E-state index < -0.39 is 5.54 Å². The van der Waals surface area contributed by atoms with Gasteiger partial charge in [0.05, 0.1) is 0 Å². The van der Waals surface area contributed by atoms with E-state index >= 15 is 0 Å². The molecule has 0 radical (unpaired) electrons. The third-order valence-electron chi connectivity index (χ3n) is 1.63. The van der Waals surface area contributed by atoms with Gasteiger partial charge in [-0.15, -0.1) is 0 Å². The van der Waals surface area contributed by atoms with Crippen LogP contribution in [0.2, 0.25) is 0 Å². The number of esters is 1. The van der Waals surface area contributed by atoms with Crippen molar-refractivity contribution in [1.29, 1.82) is 0 Å². The summed E-state index contributed by atoms with van der Waals surface area (Å²) in [5.74, 6) is -0.294. The van der Waals surface area contributed by atoms with Gasteiger partial charge in [0.1, 0.15) is 11.1 Å². The fraction of sp³-hybridized carbons (Fsp3) is 0.889. The Balaban J connectivity index is 0.000000561. The predicted octanol–water partition coefficient (Wildman–Crippen LogP) is 1.46. The molecule has 1 atom stereocenters. The van der Waals surface area contributed by atoms with Crippen molar-refractivity contribution in [3.8, 4) is 0 Å². The first-order valence-corrected chi connectivity index (χ1v) is 4.36. The van der Waals surface area contributed by atoms with Gasteiger partial charge in [0, 0.05) is 6.42 Å². The molecule has 1 aliphatic heterocycles. The van der Waals surface area contributed by atoms with Gasteiger partial charge in [-0.05, 0) is 20.8 Å². The number of hydrogen-bond donors (Lipinski definition) is 1. The van der Waals surface area contributed by atoms with Gasteiger partial charge in [-0.1, -0.05) is 13.8 Å². The molecule has 1 heterocycles. The summed E-state index contributed by atoms with van der Waals surface area (Å²) >= 11 is 0. The second kappa shape index (κ2) is 3.44. The summed E-state index contributed by atoms with van der Waals surface area (Å²) in [6, 6.07) is 0. The highest BCUT2D eigenvalue weighted by Gasteiger charge is 2.46. The molecule has 3 heteroatoms. The van der Waals surface area contributed by atoms with Crippen molar-refractivity contribution in [3.63, 3.8) is 0 Å². The van der Waals surface area contributed by atoms with Crippen molar-refractivity contribution in [2.24, 2.45) is 5.73 Å². The highest BCUT2D eigenvalue weighted by molar-refractivity contribution is 5.82. The molecule has 0 aromatic carbocycles. The lowest BCUT2D eigenvalue weighted by Gasteiger charge is -2.15. The first kappa shape index (κ1) is 11.4. The third kappa shape index (κ3) is 2.48. The van der Waals surface area contributed by atoms with Crippen LogP contribution in [0.1, 0.15) is 41.0 Å². The monoisotopic (exact) mass is 173 g/mol. The Hall–Kier alpha value is -0.570. The molecule has 1 fully saturated rings. The Kier molecular flexibility index (Phi) is 3.27. The van der Waals surface area contributed by atoms with Gasteiger partial charge in [-0.25, -0.2) is 0 Å². The van der Waals surface area contributed by atoms with Crippen LogP contribution in [-0.2, 0) is 9.53 Å². The lowest BCUT2D eigenvalue weighted by atomic mass is 9.93. The molecular formula is C9H19NO2. The molecule has 0 spiro atoms. The summed E-state index contributed by atoms with van der Waals surface area (Å²) in [5.41, 5.74) is 4.47. The molecule has 0 amide bonds. The van der Waals surface area contributed by atoms with Crippen LogP contribution in [0.15, 0.2) is 0 Å². The van der Waals surface area contributed by atoms with Gasteiger partial charge in [0.2, 0.25) is 0 Å². The predicted molar refractivity (Wildman–Crippen MR) is 48.7 cm³/mol. The molecular weight excluding hydrogens is 154 g/mol. The van der Waals surface area contributed by atoms with Gasteiger partial charge in [-0.2, -0.15) is 0 Å². The van der Waals surface area contributed by atoms with Gasteiger partial charge in [0.15, 0.2) is 0 Å². The molecule has 0 bridgehead atoms. The summed E-state index contributed by atoms with van der Waals surface area (Å²) in [5, 5.41) is 0. The lowest BCUT2D eigenvalue weighted by Crippen LogP contribution is -2.41.